The quantitative estimate of drug-likeness (QED) is 0.399. The molecular formula is C18H17Br2N3O4. The second-order valence-corrected chi connectivity index (χ2v) is 7.17. The predicted octanol–water partition coefficient (Wildman–Crippen LogP) is 3.79. The molecule has 0 atom stereocenters. The van der Waals surface area contributed by atoms with Crippen LogP contribution in [0.25, 0.3) is 0 Å². The molecule has 0 fully saturated rings. The number of hydrogen-bond donors (Lipinski definition) is 3. The van der Waals surface area contributed by atoms with Crippen molar-refractivity contribution in [1.82, 2.24) is 5.43 Å². The van der Waals surface area contributed by atoms with Gasteiger partial charge in [-0.15, -0.1) is 0 Å². The summed E-state index contributed by atoms with van der Waals surface area (Å²) in [6.45, 7) is 0. The van der Waals surface area contributed by atoms with Gasteiger partial charge in [-0.05, 0) is 57.9 Å². The van der Waals surface area contributed by atoms with Crippen LogP contribution >= 0.6 is 31.9 Å². The minimum Gasteiger partial charge on any atom is -0.504 e. The monoisotopic (exact) mass is 497 g/mol. The topological polar surface area (TPSA) is 100 Å². The first kappa shape index (κ1) is 20.9. The summed E-state index contributed by atoms with van der Waals surface area (Å²) in [5.74, 6) is -0.397. The molecule has 0 bridgehead atoms. The number of anilines is 1. The van der Waals surface area contributed by atoms with Crippen LogP contribution in [0.2, 0.25) is 0 Å². The third-order valence-corrected chi connectivity index (χ3v) is 4.48. The van der Waals surface area contributed by atoms with E-state index in [0.717, 1.165) is 4.47 Å². The van der Waals surface area contributed by atoms with Gasteiger partial charge in [0.15, 0.2) is 11.5 Å². The van der Waals surface area contributed by atoms with E-state index in [1.54, 1.807) is 18.2 Å². The molecule has 142 valence electrons. The number of carbonyl (C=O) groups excluding carboxylic acids is 2. The highest BCUT2D eigenvalue weighted by atomic mass is 79.9. The van der Waals surface area contributed by atoms with Crippen molar-refractivity contribution in [3.63, 3.8) is 0 Å². The number of halogens is 2. The van der Waals surface area contributed by atoms with Crippen molar-refractivity contribution < 1.29 is 19.4 Å². The number of nitrogens with one attached hydrogen (secondary N) is 2. The third-order valence-electron chi connectivity index (χ3n) is 3.36. The molecule has 0 radical (unpaired) electrons. The number of nitrogens with zero attached hydrogens (tertiary/aromatic N) is 1. The van der Waals surface area contributed by atoms with Gasteiger partial charge in [0.05, 0.1) is 17.8 Å². The Balaban J connectivity index is 1.79. The van der Waals surface area contributed by atoms with Gasteiger partial charge in [0.2, 0.25) is 11.8 Å². The minimum absolute atomic E-state index is 0.00272. The maximum atomic E-state index is 11.8. The number of phenols is 1. The van der Waals surface area contributed by atoms with Crippen molar-refractivity contribution in [2.75, 3.05) is 12.4 Å². The molecule has 2 rings (SSSR count). The molecule has 2 amide bonds. The molecule has 9 heteroatoms. The van der Waals surface area contributed by atoms with Crippen LogP contribution in [0.5, 0.6) is 11.5 Å². The fourth-order valence-electron chi connectivity index (χ4n) is 2.09. The maximum Gasteiger partial charge on any atom is 0.240 e. The van der Waals surface area contributed by atoms with Crippen LogP contribution in [0.15, 0.2) is 50.4 Å². The van der Waals surface area contributed by atoms with Crippen molar-refractivity contribution in [3.8, 4) is 11.5 Å². The van der Waals surface area contributed by atoms with Crippen molar-refractivity contribution in [2.45, 2.75) is 12.8 Å². The lowest BCUT2D eigenvalue weighted by atomic mass is 10.2. The van der Waals surface area contributed by atoms with Gasteiger partial charge in [0, 0.05) is 23.0 Å². The van der Waals surface area contributed by atoms with E-state index in [2.05, 4.69) is 47.7 Å². The summed E-state index contributed by atoms with van der Waals surface area (Å²) in [6.07, 6.45) is 1.41. The molecule has 27 heavy (non-hydrogen) atoms. The summed E-state index contributed by atoms with van der Waals surface area (Å²) in [7, 11) is 1.45. The Morgan fingerprint density at radius 2 is 1.81 bits per heavy atom. The summed E-state index contributed by atoms with van der Waals surface area (Å²) >= 11 is 6.59. The number of hydrazone groups is 1. The van der Waals surface area contributed by atoms with E-state index in [0.29, 0.717) is 21.5 Å². The second-order valence-electron chi connectivity index (χ2n) is 5.40. The molecule has 0 aliphatic heterocycles. The lowest BCUT2D eigenvalue weighted by Gasteiger charge is -2.06. The zero-order chi connectivity index (χ0) is 19.8. The molecule has 0 unspecified atom stereocenters. The normalized spacial score (nSPS) is 10.6. The number of ether oxygens (including phenoxy) is 1. The first-order chi connectivity index (χ1) is 12.9. The van der Waals surface area contributed by atoms with Gasteiger partial charge in [-0.25, -0.2) is 5.43 Å². The van der Waals surface area contributed by atoms with Gasteiger partial charge < -0.3 is 15.2 Å². The summed E-state index contributed by atoms with van der Waals surface area (Å²) in [6, 6.07) is 10.3. The Hall–Kier alpha value is -2.39. The van der Waals surface area contributed by atoms with E-state index in [-0.39, 0.29) is 24.5 Å². The van der Waals surface area contributed by atoms with Crippen molar-refractivity contribution in [1.29, 1.82) is 0 Å². The summed E-state index contributed by atoms with van der Waals surface area (Å²) < 4.78 is 6.49. The Kier molecular flexibility index (Phi) is 7.81. The Morgan fingerprint density at radius 3 is 2.44 bits per heavy atom. The number of amides is 2. The predicted molar refractivity (Wildman–Crippen MR) is 110 cm³/mol. The molecule has 2 aromatic carbocycles. The average molecular weight is 499 g/mol. The summed E-state index contributed by atoms with van der Waals surface area (Å²) in [4.78, 5) is 23.6. The molecule has 0 heterocycles. The van der Waals surface area contributed by atoms with Crippen molar-refractivity contribution in [2.24, 2.45) is 5.10 Å². The van der Waals surface area contributed by atoms with Gasteiger partial charge in [0.25, 0.3) is 0 Å². The molecular weight excluding hydrogens is 482 g/mol. The number of carbonyl (C=O) groups is 2. The van der Waals surface area contributed by atoms with E-state index in [4.69, 9.17) is 4.74 Å². The summed E-state index contributed by atoms with van der Waals surface area (Å²) in [5.41, 5.74) is 3.56. The maximum absolute atomic E-state index is 11.8. The smallest absolute Gasteiger partial charge is 0.240 e. The number of aromatic hydroxyl groups is 1. The minimum atomic E-state index is -0.394. The molecule has 0 saturated carbocycles. The first-order valence-electron chi connectivity index (χ1n) is 7.83. The van der Waals surface area contributed by atoms with E-state index < -0.39 is 5.91 Å². The Morgan fingerprint density at radius 1 is 1.15 bits per heavy atom. The summed E-state index contributed by atoms with van der Waals surface area (Å²) in [5, 5.41) is 16.3. The highest BCUT2D eigenvalue weighted by Crippen LogP contribution is 2.34. The number of benzene rings is 2. The Bertz CT molecular complexity index is 831. The number of hydrogen-bond acceptors (Lipinski definition) is 5. The fraction of sp³-hybridized carbons (Fsp3) is 0.167. The van der Waals surface area contributed by atoms with Gasteiger partial charge in [-0.3, -0.25) is 9.59 Å². The van der Waals surface area contributed by atoms with Crippen LogP contribution < -0.4 is 15.5 Å². The highest BCUT2D eigenvalue weighted by molar-refractivity contribution is 9.10. The van der Waals surface area contributed by atoms with Crippen LogP contribution in [-0.4, -0.2) is 30.2 Å². The van der Waals surface area contributed by atoms with Crippen molar-refractivity contribution >= 4 is 55.6 Å². The van der Waals surface area contributed by atoms with E-state index >= 15 is 0 Å². The lowest BCUT2D eigenvalue weighted by Crippen LogP contribution is -2.20. The molecule has 0 aliphatic carbocycles. The molecule has 0 spiro atoms. The molecule has 7 nitrogen and oxygen atoms in total. The highest BCUT2D eigenvalue weighted by Gasteiger charge is 2.09. The lowest BCUT2D eigenvalue weighted by molar-refractivity contribution is -0.124. The van der Waals surface area contributed by atoms with Crippen LogP contribution in [-0.2, 0) is 9.59 Å². The van der Waals surface area contributed by atoms with Crippen LogP contribution in [0.4, 0.5) is 5.69 Å². The van der Waals surface area contributed by atoms with Crippen LogP contribution in [0, 0.1) is 0 Å². The molecule has 0 saturated heterocycles. The standard InChI is InChI=1S/C18H17Br2N3O4/c1-27-18-14(20)8-11(9-15(18)24)10-21-23-17(26)7-6-16(25)22-13-4-2-12(19)3-5-13/h2-5,8-10,24H,6-7H2,1H3,(H,22,25)(H,23,26)/b21-10+. The molecule has 0 aromatic heterocycles. The SMILES string of the molecule is COc1c(O)cc(/C=N/NC(=O)CCC(=O)Nc2ccc(Br)cc2)cc1Br. The van der Waals surface area contributed by atoms with Gasteiger partial charge >= 0.3 is 0 Å². The largest absolute Gasteiger partial charge is 0.504 e. The number of phenolic OH excluding ortho intramolecular Hbond substituents is 1. The van der Waals surface area contributed by atoms with Gasteiger partial charge in [-0.1, -0.05) is 15.9 Å². The second kappa shape index (κ2) is 10.1. The third kappa shape index (κ3) is 6.69. The van der Waals surface area contributed by atoms with Crippen LogP contribution in [0.3, 0.4) is 0 Å². The molecule has 0 aliphatic rings. The number of methoxy groups -OCH3 is 1. The van der Waals surface area contributed by atoms with E-state index in [1.165, 1.54) is 19.4 Å². The fourth-order valence-corrected chi connectivity index (χ4v) is 2.99. The Labute approximate surface area is 173 Å². The zero-order valence-electron chi connectivity index (χ0n) is 14.3. The number of rotatable bonds is 7. The van der Waals surface area contributed by atoms with Crippen LogP contribution in [0.1, 0.15) is 18.4 Å². The van der Waals surface area contributed by atoms with Gasteiger partial charge in [0.1, 0.15) is 0 Å². The van der Waals surface area contributed by atoms with E-state index in [9.17, 15) is 14.7 Å². The molecule has 2 aromatic rings. The zero-order valence-corrected chi connectivity index (χ0v) is 17.5. The first-order valence-corrected chi connectivity index (χ1v) is 9.41. The van der Waals surface area contributed by atoms with E-state index in [1.807, 2.05) is 12.1 Å². The van der Waals surface area contributed by atoms with Gasteiger partial charge in [-0.2, -0.15) is 5.10 Å². The molecule has 3 N–H and O–H groups in total. The average Bonchev–Trinajstić information content (AvgIpc) is 2.62. The van der Waals surface area contributed by atoms with Crippen molar-refractivity contribution in [3.05, 3.63) is 50.9 Å².